The van der Waals surface area contributed by atoms with Crippen molar-refractivity contribution in [2.24, 2.45) is 0 Å². The van der Waals surface area contributed by atoms with Crippen LogP contribution in [0.25, 0.3) is 11.3 Å². The van der Waals surface area contributed by atoms with Gasteiger partial charge in [0.05, 0.1) is 30.5 Å². The molecule has 1 N–H and O–H groups in total. The number of benzene rings is 2. The van der Waals surface area contributed by atoms with Gasteiger partial charge in [-0.05, 0) is 86.7 Å². The standard InChI is InChI=1S/C29H27N3O4S/c1-18(2)35-22-12-10-21(11-13-22)32-27(26(31-29(32)37)23-9-4-5-16-30-23)25-15-14-24(36-25)19-7-6-8-20(17-19)28(33)34-3/h4-18,26-27H,1-3H3,(H,31,37)/t26-,27+/m0/s1. The molecule has 1 aliphatic heterocycles. The smallest absolute Gasteiger partial charge is 0.337 e. The van der Waals surface area contributed by atoms with Gasteiger partial charge in [0.15, 0.2) is 5.11 Å². The zero-order valence-corrected chi connectivity index (χ0v) is 21.6. The minimum Gasteiger partial charge on any atom is -0.491 e. The van der Waals surface area contributed by atoms with Crippen LogP contribution in [0.4, 0.5) is 5.69 Å². The summed E-state index contributed by atoms with van der Waals surface area (Å²) in [5, 5.41) is 4.01. The van der Waals surface area contributed by atoms with Crippen LogP contribution in [0.1, 0.15) is 47.7 Å². The number of nitrogens with one attached hydrogen (secondary N) is 1. The minimum atomic E-state index is -0.398. The van der Waals surface area contributed by atoms with Gasteiger partial charge in [0.1, 0.15) is 23.3 Å². The summed E-state index contributed by atoms with van der Waals surface area (Å²) in [4.78, 5) is 18.7. The average molecular weight is 514 g/mol. The van der Waals surface area contributed by atoms with Gasteiger partial charge in [0.2, 0.25) is 0 Å². The van der Waals surface area contributed by atoms with Gasteiger partial charge >= 0.3 is 5.97 Å². The van der Waals surface area contributed by atoms with Gasteiger partial charge in [-0.2, -0.15) is 0 Å². The van der Waals surface area contributed by atoms with Crippen LogP contribution in [0.5, 0.6) is 5.75 Å². The van der Waals surface area contributed by atoms with Crippen LogP contribution in [-0.2, 0) is 4.74 Å². The lowest BCUT2D eigenvalue weighted by molar-refractivity contribution is 0.0600. The van der Waals surface area contributed by atoms with Crippen LogP contribution in [-0.4, -0.2) is 29.3 Å². The number of pyridine rings is 1. The molecule has 8 heteroatoms. The number of methoxy groups -OCH3 is 1. The molecule has 1 fully saturated rings. The molecule has 3 heterocycles. The Morgan fingerprint density at radius 2 is 1.86 bits per heavy atom. The lowest BCUT2D eigenvalue weighted by Crippen LogP contribution is -2.29. The van der Waals surface area contributed by atoms with Crippen LogP contribution < -0.4 is 15.0 Å². The average Bonchev–Trinajstić information content (AvgIpc) is 3.54. The van der Waals surface area contributed by atoms with Crippen molar-refractivity contribution in [2.75, 3.05) is 12.0 Å². The summed E-state index contributed by atoms with van der Waals surface area (Å²) in [5.41, 5.74) is 2.99. The van der Waals surface area contributed by atoms with Crippen molar-refractivity contribution in [3.05, 3.63) is 102 Å². The van der Waals surface area contributed by atoms with E-state index in [1.54, 1.807) is 24.4 Å². The van der Waals surface area contributed by atoms with Gasteiger partial charge in [0.25, 0.3) is 0 Å². The molecule has 2 aromatic carbocycles. The van der Waals surface area contributed by atoms with E-state index in [-0.39, 0.29) is 18.2 Å². The molecule has 0 aliphatic carbocycles. The predicted octanol–water partition coefficient (Wildman–Crippen LogP) is 6.09. The predicted molar refractivity (Wildman–Crippen MR) is 146 cm³/mol. The van der Waals surface area contributed by atoms with Gasteiger partial charge < -0.3 is 24.1 Å². The maximum Gasteiger partial charge on any atom is 0.337 e. The molecular weight excluding hydrogens is 486 g/mol. The highest BCUT2D eigenvalue weighted by molar-refractivity contribution is 7.80. The van der Waals surface area contributed by atoms with Crippen LogP contribution in [0.3, 0.4) is 0 Å². The highest BCUT2D eigenvalue weighted by atomic mass is 32.1. The maximum absolute atomic E-state index is 12.0. The highest BCUT2D eigenvalue weighted by Gasteiger charge is 2.42. The van der Waals surface area contributed by atoms with Gasteiger partial charge in [-0.25, -0.2) is 4.79 Å². The number of esters is 1. The molecule has 5 rings (SSSR count). The minimum absolute atomic E-state index is 0.0842. The zero-order valence-electron chi connectivity index (χ0n) is 20.8. The Hall–Kier alpha value is -4.17. The Bertz CT molecular complexity index is 1400. The summed E-state index contributed by atoms with van der Waals surface area (Å²) in [7, 11) is 1.36. The molecule has 0 saturated carbocycles. The monoisotopic (exact) mass is 513 g/mol. The molecule has 0 amide bonds. The summed E-state index contributed by atoms with van der Waals surface area (Å²) in [5.74, 6) is 1.74. The van der Waals surface area contributed by atoms with Crippen LogP contribution >= 0.6 is 12.2 Å². The third-order valence-electron chi connectivity index (χ3n) is 6.07. The van der Waals surface area contributed by atoms with Crippen molar-refractivity contribution < 1.29 is 18.7 Å². The molecule has 0 spiro atoms. The zero-order chi connectivity index (χ0) is 25.9. The molecule has 7 nitrogen and oxygen atoms in total. The molecule has 0 radical (unpaired) electrons. The molecule has 37 heavy (non-hydrogen) atoms. The second-order valence-corrected chi connectivity index (χ2v) is 9.32. The number of furan rings is 1. The van der Waals surface area contributed by atoms with E-state index < -0.39 is 5.97 Å². The molecule has 2 atom stereocenters. The number of aromatic nitrogens is 1. The number of rotatable bonds is 7. The van der Waals surface area contributed by atoms with E-state index in [2.05, 4.69) is 10.3 Å². The van der Waals surface area contributed by atoms with Crippen molar-refractivity contribution in [2.45, 2.75) is 32.0 Å². The number of hydrogen-bond acceptors (Lipinski definition) is 6. The number of nitrogens with zero attached hydrogens (tertiary/aromatic N) is 2. The first kappa shape index (κ1) is 24.5. The summed E-state index contributed by atoms with van der Waals surface area (Å²) < 4.78 is 17.1. The fraction of sp³-hybridized carbons (Fsp3) is 0.207. The number of carbonyl (C=O) groups excluding carboxylic acids is 1. The molecule has 188 valence electrons. The van der Waals surface area contributed by atoms with Gasteiger partial charge in [-0.3, -0.25) is 4.98 Å². The van der Waals surface area contributed by atoms with E-state index in [1.165, 1.54) is 7.11 Å². The summed E-state index contributed by atoms with van der Waals surface area (Å²) >= 11 is 5.80. The molecule has 1 saturated heterocycles. The largest absolute Gasteiger partial charge is 0.491 e. The third kappa shape index (κ3) is 5.06. The molecular formula is C29H27N3O4S. The summed E-state index contributed by atoms with van der Waals surface area (Å²) in [6.07, 6.45) is 1.85. The van der Waals surface area contributed by atoms with E-state index in [1.807, 2.05) is 79.4 Å². The Labute approximate surface area is 221 Å². The number of carbonyl (C=O) groups is 1. The van der Waals surface area contributed by atoms with E-state index >= 15 is 0 Å². The number of ether oxygens (including phenoxy) is 2. The van der Waals surface area contributed by atoms with Crippen molar-refractivity contribution in [1.82, 2.24) is 10.3 Å². The fourth-order valence-corrected chi connectivity index (χ4v) is 4.81. The third-order valence-corrected chi connectivity index (χ3v) is 6.39. The topological polar surface area (TPSA) is 76.8 Å². The first-order chi connectivity index (χ1) is 17.9. The van der Waals surface area contributed by atoms with Crippen molar-refractivity contribution in [3.8, 4) is 17.1 Å². The normalized spacial score (nSPS) is 17.1. The fourth-order valence-electron chi connectivity index (χ4n) is 4.46. The Morgan fingerprint density at radius 3 is 2.57 bits per heavy atom. The van der Waals surface area contributed by atoms with E-state index in [4.69, 9.17) is 26.1 Å². The molecule has 0 bridgehead atoms. The van der Waals surface area contributed by atoms with Crippen molar-refractivity contribution >= 4 is 29.0 Å². The van der Waals surface area contributed by atoms with Gasteiger partial charge in [-0.15, -0.1) is 0 Å². The van der Waals surface area contributed by atoms with Gasteiger partial charge in [-0.1, -0.05) is 18.2 Å². The number of hydrogen-bond donors (Lipinski definition) is 1. The summed E-state index contributed by atoms with van der Waals surface area (Å²) in [6, 6.07) is 24.2. The first-order valence-electron chi connectivity index (χ1n) is 12.0. The second-order valence-electron chi connectivity index (χ2n) is 8.93. The van der Waals surface area contributed by atoms with Gasteiger partial charge in [0, 0.05) is 17.4 Å². The van der Waals surface area contributed by atoms with Crippen LogP contribution in [0.15, 0.2) is 89.5 Å². The Balaban J connectivity index is 1.54. The lowest BCUT2D eigenvalue weighted by Gasteiger charge is -2.26. The second kappa shape index (κ2) is 10.4. The van der Waals surface area contributed by atoms with Crippen molar-refractivity contribution in [3.63, 3.8) is 0 Å². The molecule has 4 aromatic rings. The Morgan fingerprint density at radius 1 is 1.05 bits per heavy atom. The molecule has 2 aromatic heterocycles. The first-order valence-corrected chi connectivity index (χ1v) is 12.4. The maximum atomic E-state index is 12.0. The van der Waals surface area contributed by atoms with Crippen LogP contribution in [0.2, 0.25) is 0 Å². The molecule has 0 unspecified atom stereocenters. The van der Waals surface area contributed by atoms with Crippen molar-refractivity contribution in [1.29, 1.82) is 0 Å². The molecule has 1 aliphatic rings. The van der Waals surface area contributed by atoms with E-state index in [9.17, 15) is 4.79 Å². The quantitative estimate of drug-likeness (QED) is 0.235. The van der Waals surface area contributed by atoms with E-state index in [0.717, 1.165) is 22.7 Å². The summed E-state index contributed by atoms with van der Waals surface area (Å²) in [6.45, 7) is 3.99. The highest BCUT2D eigenvalue weighted by Crippen LogP contribution is 2.43. The Kier molecular flexibility index (Phi) is 6.92. The van der Waals surface area contributed by atoms with Crippen LogP contribution in [0, 0.1) is 0 Å². The lowest BCUT2D eigenvalue weighted by atomic mass is 10.0. The SMILES string of the molecule is COC(=O)c1cccc(-c2ccc([C@@H]3[C@H](c4ccccn4)NC(=S)N3c3ccc(OC(C)C)cc3)o2)c1. The number of thiocarbonyl (C=S) groups is 1. The number of anilines is 1. The van der Waals surface area contributed by atoms with E-state index in [0.29, 0.717) is 22.2 Å².